The molecule has 0 saturated heterocycles. The second-order valence-corrected chi connectivity index (χ2v) is 9.14. The van der Waals surface area contributed by atoms with Gasteiger partial charge in [-0.15, -0.1) is 0 Å². The summed E-state index contributed by atoms with van der Waals surface area (Å²) in [6.07, 6.45) is 1.90. The summed E-state index contributed by atoms with van der Waals surface area (Å²) in [5, 5.41) is 0. The van der Waals surface area contributed by atoms with Gasteiger partial charge in [0.15, 0.2) is 6.17 Å². The molecular formula is C29H29N5O. The topological polar surface area (TPSA) is 45.9 Å². The van der Waals surface area contributed by atoms with Crippen molar-refractivity contribution in [1.29, 1.82) is 0 Å². The van der Waals surface area contributed by atoms with Crippen molar-refractivity contribution in [3.63, 3.8) is 0 Å². The van der Waals surface area contributed by atoms with Crippen LogP contribution < -0.4 is 14.5 Å². The zero-order valence-electron chi connectivity index (χ0n) is 20.6. The molecule has 0 radical (unpaired) electrons. The number of benzene rings is 3. The zero-order valence-corrected chi connectivity index (χ0v) is 20.6. The number of hydrogen-bond acceptors (Lipinski definition) is 5. The van der Waals surface area contributed by atoms with Gasteiger partial charge in [-0.05, 0) is 61.9 Å². The first-order valence-corrected chi connectivity index (χ1v) is 12.2. The molecule has 6 heteroatoms. The highest BCUT2D eigenvalue weighted by Gasteiger charge is 2.33. The molecule has 0 spiro atoms. The van der Waals surface area contributed by atoms with Gasteiger partial charge in [0.1, 0.15) is 11.6 Å². The molecule has 4 aromatic rings. The molecule has 0 fully saturated rings. The monoisotopic (exact) mass is 463 g/mol. The van der Waals surface area contributed by atoms with E-state index in [1.807, 2.05) is 20.2 Å². The number of ether oxygens (including phenoxy) is 1. The van der Waals surface area contributed by atoms with Crippen LogP contribution in [0, 0.1) is 0 Å². The summed E-state index contributed by atoms with van der Waals surface area (Å²) in [5.41, 5.74) is 7.39. The summed E-state index contributed by atoms with van der Waals surface area (Å²) in [5.74, 6) is 2.35. The lowest BCUT2D eigenvalue weighted by molar-refractivity contribution is 0.516. The Kier molecular flexibility index (Phi) is 5.10. The van der Waals surface area contributed by atoms with Crippen LogP contribution >= 0.6 is 0 Å². The lowest BCUT2D eigenvalue weighted by Crippen LogP contribution is -2.27. The van der Waals surface area contributed by atoms with Gasteiger partial charge in [0.2, 0.25) is 5.90 Å². The molecule has 0 N–H and O–H groups in total. The minimum absolute atomic E-state index is 0.256. The Bertz CT molecular complexity index is 1470. The Labute approximate surface area is 205 Å². The Morgan fingerprint density at radius 3 is 2.40 bits per heavy atom. The molecule has 0 aliphatic carbocycles. The maximum absolute atomic E-state index is 6.48. The fourth-order valence-electron chi connectivity index (χ4n) is 4.97. The second kappa shape index (κ2) is 8.31. The van der Waals surface area contributed by atoms with E-state index in [1.165, 1.54) is 0 Å². The van der Waals surface area contributed by atoms with Crippen LogP contribution in [0.5, 0.6) is 5.75 Å². The second-order valence-electron chi connectivity index (χ2n) is 9.14. The predicted octanol–water partition coefficient (Wildman–Crippen LogP) is 5.84. The van der Waals surface area contributed by atoms with Crippen LogP contribution in [0.15, 0.2) is 71.7 Å². The van der Waals surface area contributed by atoms with Gasteiger partial charge < -0.3 is 14.5 Å². The van der Waals surface area contributed by atoms with Crippen molar-refractivity contribution < 1.29 is 4.74 Å². The van der Waals surface area contributed by atoms with Crippen molar-refractivity contribution in [2.45, 2.75) is 20.0 Å². The van der Waals surface area contributed by atoms with E-state index < -0.39 is 0 Å². The Morgan fingerprint density at radius 1 is 0.914 bits per heavy atom. The predicted molar refractivity (Wildman–Crippen MR) is 145 cm³/mol. The van der Waals surface area contributed by atoms with Gasteiger partial charge in [-0.25, -0.2) is 9.98 Å². The molecule has 2 aliphatic rings. The number of anilines is 2. The molecule has 0 amide bonds. The summed E-state index contributed by atoms with van der Waals surface area (Å²) in [7, 11) is 4.10. The van der Waals surface area contributed by atoms with E-state index in [9.17, 15) is 0 Å². The molecule has 1 aromatic heterocycles. The molecule has 1 unspecified atom stereocenters. The van der Waals surface area contributed by atoms with Crippen LogP contribution in [0.4, 0.5) is 11.4 Å². The third-order valence-corrected chi connectivity index (χ3v) is 6.89. The molecule has 2 aliphatic heterocycles. The quantitative estimate of drug-likeness (QED) is 0.373. The highest BCUT2D eigenvalue weighted by molar-refractivity contribution is 6.27. The molecule has 0 saturated carbocycles. The Hall–Kier alpha value is -4.06. The van der Waals surface area contributed by atoms with Gasteiger partial charge in [-0.1, -0.05) is 24.3 Å². The van der Waals surface area contributed by atoms with E-state index >= 15 is 0 Å². The maximum atomic E-state index is 6.48. The lowest BCUT2D eigenvalue weighted by atomic mass is 10.0. The first-order chi connectivity index (χ1) is 17.1. The highest BCUT2D eigenvalue weighted by atomic mass is 16.5. The van der Waals surface area contributed by atoms with E-state index in [4.69, 9.17) is 14.7 Å². The molecular weight excluding hydrogens is 434 g/mol. The van der Waals surface area contributed by atoms with Crippen LogP contribution in [0.1, 0.15) is 37.0 Å². The number of aromatic nitrogens is 2. The van der Waals surface area contributed by atoms with Gasteiger partial charge in [0.05, 0.1) is 16.6 Å². The Morgan fingerprint density at radius 2 is 1.66 bits per heavy atom. The molecule has 35 heavy (non-hydrogen) atoms. The van der Waals surface area contributed by atoms with Crippen molar-refractivity contribution in [2.75, 3.05) is 37.0 Å². The van der Waals surface area contributed by atoms with E-state index in [1.54, 1.807) is 0 Å². The third-order valence-electron chi connectivity index (χ3n) is 6.89. The van der Waals surface area contributed by atoms with Crippen molar-refractivity contribution in [1.82, 2.24) is 9.55 Å². The average Bonchev–Trinajstić information content (AvgIpc) is 3.28. The number of nitrogens with zero attached hydrogens (tertiary/aromatic N) is 5. The normalized spacial score (nSPS) is 15.9. The van der Waals surface area contributed by atoms with E-state index in [-0.39, 0.29) is 6.17 Å². The summed E-state index contributed by atoms with van der Waals surface area (Å²) < 4.78 is 8.71. The summed E-state index contributed by atoms with van der Waals surface area (Å²) in [4.78, 5) is 14.6. The van der Waals surface area contributed by atoms with Crippen molar-refractivity contribution in [3.8, 4) is 5.75 Å². The van der Waals surface area contributed by atoms with E-state index in [0.717, 1.165) is 63.8 Å². The standard InChI is InChI=1S/C29H29N5O/c1-5-33(6-2)22-16-13-20-17-23-28-30-24-9-7-8-10-25(24)34(28)27(31-29(23)35-26(20)18-22)19-11-14-21(15-12-19)32(3)4/h7-18,27H,5-6H2,1-4H3. The number of aliphatic imine (C=N–C) groups is 1. The number of fused-ring (bicyclic) bond motifs is 6. The largest absolute Gasteiger partial charge is 0.438 e. The molecule has 3 heterocycles. The molecule has 0 bridgehead atoms. The van der Waals surface area contributed by atoms with Crippen LogP contribution in [0.2, 0.25) is 0 Å². The van der Waals surface area contributed by atoms with Gasteiger partial charge in [-0.3, -0.25) is 4.57 Å². The molecule has 3 aromatic carbocycles. The van der Waals surface area contributed by atoms with Crippen LogP contribution in [-0.2, 0) is 0 Å². The first kappa shape index (κ1) is 21.5. The average molecular weight is 464 g/mol. The molecule has 176 valence electrons. The Balaban J connectivity index is 1.52. The number of para-hydroxylation sites is 2. The van der Waals surface area contributed by atoms with Crippen LogP contribution in [0.25, 0.3) is 22.7 Å². The minimum atomic E-state index is -0.256. The first-order valence-electron chi connectivity index (χ1n) is 12.2. The molecule has 1 atom stereocenters. The van der Waals surface area contributed by atoms with Gasteiger partial charge >= 0.3 is 0 Å². The van der Waals surface area contributed by atoms with Crippen molar-refractivity contribution in [3.05, 3.63) is 83.7 Å². The van der Waals surface area contributed by atoms with Crippen molar-refractivity contribution >= 4 is 40.0 Å². The number of rotatable bonds is 5. The van der Waals surface area contributed by atoms with Crippen molar-refractivity contribution in [2.24, 2.45) is 4.99 Å². The number of imidazole rings is 1. The molecule has 6 nitrogen and oxygen atoms in total. The fourth-order valence-corrected chi connectivity index (χ4v) is 4.97. The van der Waals surface area contributed by atoms with E-state index in [0.29, 0.717) is 5.90 Å². The van der Waals surface area contributed by atoms with Gasteiger partial charge in [0, 0.05) is 50.2 Å². The number of hydrogen-bond donors (Lipinski definition) is 0. The fraction of sp³-hybridized carbons (Fsp3) is 0.241. The lowest BCUT2D eigenvalue weighted by Gasteiger charge is -2.29. The third kappa shape index (κ3) is 3.48. The minimum Gasteiger partial charge on any atom is -0.438 e. The summed E-state index contributed by atoms with van der Waals surface area (Å²) in [6, 6.07) is 23.2. The van der Waals surface area contributed by atoms with Crippen LogP contribution in [-0.4, -0.2) is 42.6 Å². The zero-order chi connectivity index (χ0) is 24.1. The summed E-state index contributed by atoms with van der Waals surface area (Å²) >= 11 is 0. The SMILES string of the molecule is CCN(CC)c1ccc2c(c1)OC1=NC(c3ccc(N(C)C)cc3)n3c(nc4ccccc43)C1=C2. The highest BCUT2D eigenvalue weighted by Crippen LogP contribution is 2.41. The van der Waals surface area contributed by atoms with E-state index in [2.05, 4.69) is 95.0 Å². The van der Waals surface area contributed by atoms with Crippen LogP contribution in [0.3, 0.4) is 0 Å². The smallest absolute Gasteiger partial charge is 0.228 e. The maximum Gasteiger partial charge on any atom is 0.228 e. The molecule has 6 rings (SSSR count). The van der Waals surface area contributed by atoms with Gasteiger partial charge in [-0.2, -0.15) is 0 Å². The summed E-state index contributed by atoms with van der Waals surface area (Å²) in [6.45, 7) is 6.24. The van der Waals surface area contributed by atoms with Gasteiger partial charge in [0.25, 0.3) is 0 Å².